The fourth-order valence-electron chi connectivity index (χ4n) is 0.792. The summed E-state index contributed by atoms with van der Waals surface area (Å²) < 4.78 is 9.77. The third-order valence-corrected chi connectivity index (χ3v) is 1.29. The van der Waals surface area contributed by atoms with Gasteiger partial charge in [-0.2, -0.15) is 0 Å². The summed E-state index contributed by atoms with van der Waals surface area (Å²) in [5, 5.41) is 9.06. The van der Waals surface area contributed by atoms with Crippen LogP contribution in [0.25, 0.3) is 0 Å². The van der Waals surface area contributed by atoms with Crippen molar-refractivity contribution in [1.29, 1.82) is 0 Å². The summed E-state index contributed by atoms with van der Waals surface area (Å²) in [6.45, 7) is 2.21. The van der Waals surface area contributed by atoms with Crippen LogP contribution in [-0.2, 0) is 4.65 Å². The van der Waals surface area contributed by atoms with Crippen molar-refractivity contribution in [3.8, 4) is 5.75 Å². The van der Waals surface area contributed by atoms with Crippen molar-refractivity contribution in [3.63, 3.8) is 0 Å². The van der Waals surface area contributed by atoms with Gasteiger partial charge in [-0.25, -0.2) is 0 Å². The Bertz CT molecular complexity index is 220. The van der Waals surface area contributed by atoms with Crippen molar-refractivity contribution < 1.29 is 14.3 Å². The van der Waals surface area contributed by atoms with E-state index in [1.54, 1.807) is 19.1 Å². The SMILES string of the molecule is CCOB(O)Oc1ccccc1.[GeH4]. The summed E-state index contributed by atoms with van der Waals surface area (Å²) in [4.78, 5) is 0. The van der Waals surface area contributed by atoms with Gasteiger partial charge in [0, 0.05) is 6.61 Å². The monoisotopic (exact) mass is 244 g/mol. The molecule has 3 nitrogen and oxygen atoms in total. The second-order valence-corrected chi connectivity index (χ2v) is 2.19. The summed E-state index contributed by atoms with van der Waals surface area (Å²) in [7, 11) is -1.17. The maximum absolute atomic E-state index is 9.06. The average Bonchev–Trinajstić information content (AvgIpc) is 2.06. The molecule has 0 bridgehead atoms. The first-order chi connectivity index (χ1) is 5.83. The van der Waals surface area contributed by atoms with Crippen molar-refractivity contribution in [3.05, 3.63) is 30.3 Å². The molecule has 0 amide bonds. The van der Waals surface area contributed by atoms with Gasteiger partial charge in [-0.15, -0.1) is 0 Å². The van der Waals surface area contributed by atoms with E-state index in [1.807, 2.05) is 18.2 Å². The summed E-state index contributed by atoms with van der Waals surface area (Å²) in [5.41, 5.74) is 0. The van der Waals surface area contributed by atoms with Gasteiger partial charge < -0.3 is 14.3 Å². The Morgan fingerprint density at radius 2 is 1.92 bits per heavy atom. The topological polar surface area (TPSA) is 38.7 Å². The molecule has 0 saturated heterocycles. The minimum absolute atomic E-state index is 0. The summed E-state index contributed by atoms with van der Waals surface area (Å²) >= 11 is 0. The van der Waals surface area contributed by atoms with E-state index in [2.05, 4.69) is 0 Å². The number of hydrogen-bond donors (Lipinski definition) is 1. The number of para-hydroxylation sites is 1. The van der Waals surface area contributed by atoms with Crippen molar-refractivity contribution in [1.82, 2.24) is 0 Å². The van der Waals surface area contributed by atoms with E-state index in [-0.39, 0.29) is 17.6 Å². The van der Waals surface area contributed by atoms with Crippen LogP contribution in [0.3, 0.4) is 0 Å². The average molecular weight is 243 g/mol. The molecule has 0 saturated carbocycles. The van der Waals surface area contributed by atoms with Gasteiger partial charge >= 0.3 is 24.9 Å². The first-order valence-corrected chi connectivity index (χ1v) is 3.84. The molecule has 0 spiro atoms. The van der Waals surface area contributed by atoms with Gasteiger partial charge in [0.05, 0.1) is 0 Å². The van der Waals surface area contributed by atoms with Gasteiger partial charge in [0.15, 0.2) is 0 Å². The zero-order chi connectivity index (χ0) is 8.81. The molecule has 5 heteroatoms. The van der Waals surface area contributed by atoms with Crippen LogP contribution in [0.4, 0.5) is 0 Å². The van der Waals surface area contributed by atoms with Gasteiger partial charge in [0.2, 0.25) is 0 Å². The molecule has 0 heterocycles. The quantitative estimate of drug-likeness (QED) is 0.732. The van der Waals surface area contributed by atoms with Crippen LogP contribution in [0, 0.1) is 0 Å². The summed E-state index contributed by atoms with van der Waals surface area (Å²) in [6.07, 6.45) is 0. The Balaban J connectivity index is 0.00000144. The van der Waals surface area contributed by atoms with Crippen molar-refractivity contribution in [2.45, 2.75) is 6.92 Å². The zero-order valence-corrected chi connectivity index (χ0v) is 6.93. The normalized spacial score (nSPS) is 8.77. The molecule has 1 aromatic rings. The number of hydrogen-bond acceptors (Lipinski definition) is 3. The second kappa shape index (κ2) is 7.00. The van der Waals surface area contributed by atoms with Crippen LogP contribution in [0.1, 0.15) is 6.92 Å². The molecular weight excluding hydrogens is 228 g/mol. The summed E-state index contributed by atoms with van der Waals surface area (Å²) in [6, 6.07) is 9.03. The molecule has 1 rings (SSSR count). The van der Waals surface area contributed by atoms with E-state index in [4.69, 9.17) is 14.3 Å². The zero-order valence-electron chi connectivity index (χ0n) is 6.93. The van der Waals surface area contributed by atoms with E-state index in [1.165, 1.54) is 0 Å². The molecule has 1 aromatic carbocycles. The minimum atomic E-state index is -1.17. The maximum atomic E-state index is 9.06. The van der Waals surface area contributed by atoms with Crippen LogP contribution in [-0.4, -0.2) is 36.5 Å². The Kier molecular flexibility index (Phi) is 6.76. The first kappa shape index (κ1) is 12.5. The van der Waals surface area contributed by atoms with Gasteiger partial charge in [0.1, 0.15) is 5.75 Å². The molecule has 1 N–H and O–H groups in total. The molecule has 0 aliphatic rings. The molecule has 0 aliphatic heterocycles. The standard InChI is InChI=1S/C8H11BO3.GeH4/c1-2-11-9(10)12-8-6-4-3-5-7-8;/h3-7,10H,2H2,1H3;1H4. The molecule has 13 heavy (non-hydrogen) atoms. The Morgan fingerprint density at radius 1 is 1.31 bits per heavy atom. The predicted octanol–water partition coefficient (Wildman–Crippen LogP) is -0.373. The van der Waals surface area contributed by atoms with E-state index in [0.717, 1.165) is 0 Å². The van der Waals surface area contributed by atoms with Crippen LogP contribution in [0.5, 0.6) is 5.75 Å². The van der Waals surface area contributed by atoms with E-state index in [0.29, 0.717) is 12.4 Å². The Labute approximate surface area is 89.2 Å². The predicted molar refractivity (Wildman–Crippen MR) is 58.0 cm³/mol. The van der Waals surface area contributed by atoms with Gasteiger partial charge in [-0.1, -0.05) is 18.2 Å². The summed E-state index contributed by atoms with van der Waals surface area (Å²) in [5.74, 6) is 0.596. The first-order valence-electron chi connectivity index (χ1n) is 3.84. The number of rotatable bonds is 4. The van der Waals surface area contributed by atoms with Crippen molar-refractivity contribution in [2.75, 3.05) is 6.61 Å². The fraction of sp³-hybridized carbons (Fsp3) is 0.250. The van der Waals surface area contributed by atoms with Crippen LogP contribution in [0.2, 0.25) is 0 Å². The molecule has 0 aromatic heterocycles. The molecular formula is C8H15BGeO3. The van der Waals surface area contributed by atoms with Crippen LogP contribution >= 0.6 is 0 Å². The Morgan fingerprint density at radius 3 is 2.46 bits per heavy atom. The third-order valence-electron chi connectivity index (χ3n) is 1.29. The molecule has 0 unspecified atom stereocenters. The number of benzene rings is 1. The molecule has 0 aliphatic carbocycles. The van der Waals surface area contributed by atoms with Crippen molar-refractivity contribution in [2.24, 2.45) is 0 Å². The van der Waals surface area contributed by atoms with Gasteiger partial charge in [-0.3, -0.25) is 0 Å². The fourth-order valence-corrected chi connectivity index (χ4v) is 0.792. The Hall–Kier alpha value is -0.452. The molecule has 72 valence electrons. The van der Waals surface area contributed by atoms with E-state index < -0.39 is 7.32 Å². The molecule has 0 atom stereocenters. The van der Waals surface area contributed by atoms with E-state index in [9.17, 15) is 0 Å². The van der Waals surface area contributed by atoms with E-state index >= 15 is 0 Å². The van der Waals surface area contributed by atoms with Gasteiger partial charge in [-0.05, 0) is 19.1 Å². The van der Waals surface area contributed by atoms with Crippen LogP contribution in [0.15, 0.2) is 30.3 Å². The third kappa shape index (κ3) is 4.97. The molecule has 0 radical (unpaired) electrons. The molecule has 0 fully saturated rings. The van der Waals surface area contributed by atoms with Gasteiger partial charge in [0.25, 0.3) is 0 Å². The second-order valence-electron chi connectivity index (χ2n) is 2.19. The van der Waals surface area contributed by atoms with Crippen LogP contribution < -0.4 is 4.65 Å². The van der Waals surface area contributed by atoms with Crippen molar-refractivity contribution >= 4 is 24.9 Å².